The van der Waals surface area contributed by atoms with Crippen molar-refractivity contribution in [1.82, 2.24) is 10.6 Å². The Kier molecular flexibility index (Phi) is 21.2. The molecule has 66 heavy (non-hydrogen) atoms. The molecule has 3 aromatic carbocycles. The molecule has 25 heteroatoms. The van der Waals surface area contributed by atoms with Crippen molar-refractivity contribution in [3.63, 3.8) is 0 Å². The van der Waals surface area contributed by atoms with Gasteiger partial charge in [0.15, 0.2) is 5.96 Å². The number of amidine groups is 1. The molecule has 0 spiro atoms. The van der Waals surface area contributed by atoms with Gasteiger partial charge in [-0.15, -0.1) is 23.5 Å². The van der Waals surface area contributed by atoms with E-state index in [1.54, 1.807) is 6.92 Å². The number of hydrogen-bond acceptors (Lipinski definition) is 12. The normalized spacial score (nSPS) is 11.3. The van der Waals surface area contributed by atoms with E-state index in [2.05, 4.69) is 31.9 Å². The van der Waals surface area contributed by atoms with Crippen LogP contribution in [0.2, 0.25) is 0 Å². The lowest BCUT2D eigenvalue weighted by Crippen LogP contribution is -2.31. The van der Waals surface area contributed by atoms with E-state index in [4.69, 9.17) is 37.5 Å². The van der Waals surface area contributed by atoms with Crippen LogP contribution in [0.15, 0.2) is 46.2 Å². The van der Waals surface area contributed by atoms with Crippen LogP contribution in [-0.2, 0) is 21.9 Å². The first-order valence-corrected chi connectivity index (χ1v) is 22.1. The summed E-state index contributed by atoms with van der Waals surface area (Å²) >= 11 is 1.90. The van der Waals surface area contributed by atoms with Crippen molar-refractivity contribution in [3.8, 4) is 11.5 Å². The van der Waals surface area contributed by atoms with Gasteiger partial charge in [0.25, 0.3) is 11.8 Å². The Labute approximate surface area is 385 Å². The monoisotopic (exact) mass is 973 g/mol. The fourth-order valence-corrected chi connectivity index (χ4v) is 7.67. The van der Waals surface area contributed by atoms with Crippen molar-refractivity contribution in [2.24, 2.45) is 17.2 Å². The molecule has 0 fully saturated rings. The van der Waals surface area contributed by atoms with E-state index in [0.717, 1.165) is 55.9 Å². The first-order chi connectivity index (χ1) is 31.1. The highest BCUT2D eigenvalue weighted by atomic mass is 32.2. The van der Waals surface area contributed by atoms with Gasteiger partial charge in [0, 0.05) is 56.6 Å². The average molecular weight is 974 g/mol. The number of methoxy groups -OCH3 is 2. The number of thioether (sulfide) groups is 2. The number of carbonyl (C=O) groups excluding carboxylic acids is 4. The lowest BCUT2D eigenvalue weighted by atomic mass is 10.1. The highest BCUT2D eigenvalue weighted by Crippen LogP contribution is 2.43. The minimum atomic E-state index is -4.96. The van der Waals surface area contributed by atoms with Gasteiger partial charge >= 0.3 is 12.4 Å². The maximum atomic E-state index is 14.3. The standard InChI is InChI=1S/C41H53F6N11O6S2/c1-22(50)53-12-6-4-8-33(59)55-27-16-23(40(42,43)44)18-29(35(27)65-14-10-48)57-37(61)25-20-26(32(64-3)21-31(25)63-2)38(62)58-30-19-24(41(45,46)47)17-28(36(30)66-15-11-49)56-34(60)9-5-7-13-54-39(51)52/h16-21H,4-15,48-49H2,1-3H3,(H2,50,53)(H,55,59)(H,56,60)(H,57,61)(H,58,62)(H4,51,52,54). The van der Waals surface area contributed by atoms with E-state index < -0.39 is 63.9 Å². The number of unbranched alkanes of at least 4 members (excludes halogenated alkanes) is 2. The molecule has 0 saturated heterocycles. The van der Waals surface area contributed by atoms with Crippen molar-refractivity contribution in [1.29, 1.82) is 10.8 Å². The highest BCUT2D eigenvalue weighted by molar-refractivity contribution is 7.99. The summed E-state index contributed by atoms with van der Waals surface area (Å²) in [6.45, 7) is 2.35. The van der Waals surface area contributed by atoms with E-state index >= 15 is 0 Å². The number of carbonyl (C=O) groups is 4. The molecule has 362 valence electrons. The third-order valence-electron chi connectivity index (χ3n) is 8.98. The minimum absolute atomic E-state index is 0.0173. The van der Waals surface area contributed by atoms with E-state index in [1.165, 1.54) is 0 Å². The van der Waals surface area contributed by atoms with Crippen molar-refractivity contribution in [2.45, 2.75) is 67.6 Å². The molecule has 14 N–H and O–H groups in total. The first kappa shape index (κ1) is 54.4. The van der Waals surface area contributed by atoms with E-state index in [0.29, 0.717) is 50.4 Å². The molecule has 0 unspecified atom stereocenters. The van der Waals surface area contributed by atoms with Crippen LogP contribution in [0.3, 0.4) is 0 Å². The Hall–Kier alpha value is -5.92. The van der Waals surface area contributed by atoms with Crippen LogP contribution in [0, 0.1) is 10.8 Å². The second kappa shape index (κ2) is 25.7. The fraction of sp³-hybridized carbons (Fsp3) is 0.415. The third kappa shape index (κ3) is 16.8. The maximum absolute atomic E-state index is 14.3. The Balaban J connectivity index is 2.09. The molecule has 0 heterocycles. The molecule has 3 aromatic rings. The van der Waals surface area contributed by atoms with Gasteiger partial charge in [0.05, 0.1) is 74.8 Å². The maximum Gasteiger partial charge on any atom is 0.416 e. The Morgan fingerprint density at radius 3 is 1.32 bits per heavy atom. The molecular formula is C41H53F6N11O6S2. The lowest BCUT2D eigenvalue weighted by molar-refractivity contribution is -0.138. The number of hydrogen-bond donors (Lipinski definition) is 11. The van der Waals surface area contributed by atoms with Crippen LogP contribution in [0.25, 0.3) is 0 Å². The predicted molar refractivity (Wildman–Crippen MR) is 244 cm³/mol. The van der Waals surface area contributed by atoms with Crippen LogP contribution in [0.5, 0.6) is 11.5 Å². The number of halogens is 6. The SMILES string of the molecule is COc1cc(OC)c(C(=O)Nc2cc(C(F)(F)F)cc(NC(=O)CCCCNC(=N)N)c2SCCN)cc1C(=O)Nc1cc(C(F)(F)F)cc(NC(=O)CCCCNC(C)=N)c1SCCN. The number of anilines is 4. The zero-order chi connectivity index (χ0) is 49.2. The zero-order valence-electron chi connectivity index (χ0n) is 36.2. The van der Waals surface area contributed by atoms with Gasteiger partial charge in [0.2, 0.25) is 11.8 Å². The van der Waals surface area contributed by atoms with Crippen LogP contribution in [0.1, 0.15) is 77.3 Å². The summed E-state index contributed by atoms with van der Waals surface area (Å²) in [4.78, 5) is 54.2. The molecule has 0 saturated carbocycles. The van der Waals surface area contributed by atoms with E-state index in [1.807, 2.05) is 0 Å². The predicted octanol–water partition coefficient (Wildman–Crippen LogP) is 6.64. The van der Waals surface area contributed by atoms with Crippen LogP contribution >= 0.6 is 23.5 Å². The Morgan fingerprint density at radius 1 is 0.606 bits per heavy atom. The molecule has 0 aromatic heterocycles. The lowest BCUT2D eigenvalue weighted by Gasteiger charge is -2.21. The molecule has 3 rings (SSSR count). The Bertz CT molecular complexity index is 2080. The van der Waals surface area contributed by atoms with Gasteiger partial charge in [-0.2, -0.15) is 26.3 Å². The zero-order valence-corrected chi connectivity index (χ0v) is 37.8. The number of alkyl halides is 6. The summed E-state index contributed by atoms with van der Waals surface area (Å²) in [5.41, 5.74) is 12.1. The number of nitrogens with one attached hydrogen (secondary N) is 8. The van der Waals surface area contributed by atoms with Gasteiger partial charge < -0.3 is 58.6 Å². The van der Waals surface area contributed by atoms with Crippen LogP contribution < -0.4 is 58.6 Å². The van der Waals surface area contributed by atoms with Crippen molar-refractivity contribution in [3.05, 3.63) is 58.7 Å². The molecule has 0 atom stereocenters. The summed E-state index contributed by atoms with van der Waals surface area (Å²) in [5, 5.41) is 29.9. The second-order valence-corrected chi connectivity index (χ2v) is 16.3. The van der Waals surface area contributed by atoms with E-state index in [-0.39, 0.29) is 94.1 Å². The summed E-state index contributed by atoms with van der Waals surface area (Å²) < 4.78 is 96.7. The number of guanidine groups is 1. The second-order valence-electron chi connectivity index (χ2n) is 14.1. The summed E-state index contributed by atoms with van der Waals surface area (Å²) in [7, 11) is 2.33. The summed E-state index contributed by atoms with van der Waals surface area (Å²) in [5.74, 6) is -3.63. The Morgan fingerprint density at radius 2 is 0.985 bits per heavy atom. The van der Waals surface area contributed by atoms with Crippen molar-refractivity contribution < 1.29 is 55.0 Å². The summed E-state index contributed by atoms with van der Waals surface area (Å²) in [6, 6.07) is 4.86. The molecule has 0 aliphatic rings. The molecule has 4 amide bonds. The van der Waals surface area contributed by atoms with Gasteiger partial charge in [-0.3, -0.25) is 30.0 Å². The van der Waals surface area contributed by atoms with Gasteiger partial charge in [-0.05, 0) is 62.9 Å². The molecule has 0 aliphatic heterocycles. The molecule has 0 radical (unpaired) electrons. The summed E-state index contributed by atoms with van der Waals surface area (Å²) in [6.07, 6.45) is -8.55. The molecule has 0 aliphatic carbocycles. The van der Waals surface area contributed by atoms with Gasteiger partial charge in [0.1, 0.15) is 11.5 Å². The highest BCUT2D eigenvalue weighted by Gasteiger charge is 2.35. The quantitative estimate of drug-likeness (QED) is 0.0148. The molecular weight excluding hydrogens is 921 g/mol. The average Bonchev–Trinajstić information content (AvgIpc) is 3.23. The van der Waals surface area contributed by atoms with E-state index in [9.17, 15) is 45.5 Å². The largest absolute Gasteiger partial charge is 0.496 e. The number of amides is 4. The van der Waals surface area contributed by atoms with Gasteiger partial charge in [-0.25, -0.2) is 0 Å². The topological polar surface area (TPSA) is 285 Å². The number of benzene rings is 3. The minimum Gasteiger partial charge on any atom is -0.496 e. The number of ether oxygens (including phenoxy) is 2. The first-order valence-electron chi connectivity index (χ1n) is 20.1. The van der Waals surface area contributed by atoms with Crippen LogP contribution in [-0.4, -0.2) is 87.3 Å². The number of nitrogens with two attached hydrogens (primary N) is 3. The fourth-order valence-electron chi connectivity index (χ4n) is 5.97. The number of rotatable bonds is 24. The van der Waals surface area contributed by atoms with Crippen molar-refractivity contribution in [2.75, 3.05) is 73.2 Å². The van der Waals surface area contributed by atoms with Crippen LogP contribution in [0.4, 0.5) is 49.1 Å². The smallest absolute Gasteiger partial charge is 0.416 e. The van der Waals surface area contributed by atoms with Crippen molar-refractivity contribution >= 4 is 81.7 Å². The van der Waals surface area contributed by atoms with Gasteiger partial charge in [-0.1, -0.05) is 0 Å². The molecule has 17 nitrogen and oxygen atoms in total. The third-order valence-corrected chi connectivity index (χ3v) is 11.3. The molecule has 0 bridgehead atoms.